The van der Waals surface area contributed by atoms with Crippen LogP contribution in [-0.2, 0) is 16.0 Å². The minimum Gasteiger partial charge on any atom is -0.494 e. The van der Waals surface area contributed by atoms with Gasteiger partial charge in [-0.25, -0.2) is 10.4 Å². The van der Waals surface area contributed by atoms with Crippen molar-refractivity contribution in [1.82, 2.24) is 10.9 Å². The first-order valence-corrected chi connectivity index (χ1v) is 13.4. The summed E-state index contributed by atoms with van der Waals surface area (Å²) in [4.78, 5) is 19.0. The number of halogens is 2. The lowest BCUT2D eigenvalue weighted by molar-refractivity contribution is -0.130. The molecule has 2 aliphatic rings. The molecule has 0 saturated heterocycles. The third kappa shape index (κ3) is 5.97. The van der Waals surface area contributed by atoms with E-state index in [2.05, 4.69) is 10.9 Å². The summed E-state index contributed by atoms with van der Waals surface area (Å²) in [6, 6.07) is 22.5. The van der Waals surface area contributed by atoms with E-state index in [0.717, 1.165) is 18.4 Å². The summed E-state index contributed by atoms with van der Waals surface area (Å²) in [6.45, 7) is 0.483. The lowest BCUT2D eigenvalue weighted by Crippen LogP contribution is -2.54. The molecule has 0 spiro atoms. The molecule has 2 atom stereocenters. The summed E-state index contributed by atoms with van der Waals surface area (Å²) in [5.41, 5.74) is 6.93. The Hall–Kier alpha value is -3.10. The van der Waals surface area contributed by atoms with Gasteiger partial charge in [-0.3, -0.25) is 10.2 Å². The number of benzene rings is 3. The first kappa shape index (κ1) is 26.5. The lowest BCUT2D eigenvalue weighted by atomic mass is 9.82. The van der Waals surface area contributed by atoms with E-state index in [0.29, 0.717) is 52.3 Å². The van der Waals surface area contributed by atoms with Crippen LogP contribution >= 0.6 is 23.2 Å². The highest BCUT2D eigenvalue weighted by atomic mass is 35.5. The van der Waals surface area contributed by atoms with E-state index in [1.165, 1.54) is 0 Å². The Morgan fingerprint density at radius 3 is 2.53 bits per heavy atom. The van der Waals surface area contributed by atoms with Crippen LogP contribution in [0.15, 0.2) is 77.8 Å². The van der Waals surface area contributed by atoms with Crippen molar-refractivity contribution >= 4 is 35.0 Å². The summed E-state index contributed by atoms with van der Waals surface area (Å²) in [6.07, 6.45) is 2.06. The minimum absolute atomic E-state index is 0.0680. The molecule has 198 valence electrons. The zero-order valence-electron chi connectivity index (χ0n) is 20.7. The number of carbonyl (C=O) groups excluding carboxylic acids is 1. The Balaban J connectivity index is 1.55. The number of aliphatic imine (C=N–C) groups is 1. The maximum Gasteiger partial charge on any atom is 0.266 e. The number of aliphatic hydroxyl groups excluding tert-OH is 1. The first-order valence-electron chi connectivity index (χ1n) is 12.6. The molecule has 1 fully saturated rings. The molecule has 0 aromatic heterocycles. The van der Waals surface area contributed by atoms with Gasteiger partial charge in [0, 0.05) is 46.7 Å². The fourth-order valence-electron chi connectivity index (χ4n) is 4.38. The van der Waals surface area contributed by atoms with Crippen LogP contribution in [0.3, 0.4) is 0 Å². The molecule has 5 rings (SSSR count). The van der Waals surface area contributed by atoms with Crippen LogP contribution in [0.4, 0.5) is 0 Å². The molecule has 1 saturated carbocycles. The zero-order chi connectivity index (χ0) is 26.5. The number of rotatable bonds is 11. The second kappa shape index (κ2) is 11.7. The molecule has 0 unspecified atom stereocenters. The number of amides is 1. The van der Waals surface area contributed by atoms with E-state index >= 15 is 0 Å². The molecule has 0 radical (unpaired) electrons. The van der Waals surface area contributed by atoms with E-state index < -0.39 is 11.6 Å². The Bertz CT molecular complexity index is 1300. The van der Waals surface area contributed by atoms with Gasteiger partial charge in [0.05, 0.1) is 6.61 Å². The molecule has 1 heterocycles. The quantitative estimate of drug-likeness (QED) is 0.228. The van der Waals surface area contributed by atoms with Crippen molar-refractivity contribution in [1.29, 1.82) is 0 Å². The molecule has 0 bridgehead atoms. The van der Waals surface area contributed by atoms with E-state index in [4.69, 9.17) is 42.8 Å². The van der Waals surface area contributed by atoms with Crippen LogP contribution in [0.1, 0.15) is 42.1 Å². The van der Waals surface area contributed by atoms with Gasteiger partial charge in [0.1, 0.15) is 5.75 Å². The van der Waals surface area contributed by atoms with Gasteiger partial charge in [-0.15, -0.1) is 0 Å². The van der Waals surface area contributed by atoms with E-state index in [1.54, 1.807) is 18.2 Å². The van der Waals surface area contributed by atoms with E-state index in [9.17, 15) is 4.79 Å². The van der Waals surface area contributed by atoms with Crippen molar-refractivity contribution in [3.63, 3.8) is 0 Å². The van der Waals surface area contributed by atoms with Crippen LogP contribution in [0, 0.1) is 0 Å². The molecule has 1 aliphatic heterocycles. The van der Waals surface area contributed by atoms with Crippen LogP contribution in [0.2, 0.25) is 10.0 Å². The normalized spacial score (nSPS) is 20.5. The number of ether oxygens (including phenoxy) is 2. The molecule has 1 amide bonds. The summed E-state index contributed by atoms with van der Waals surface area (Å²) in [5, 5.41) is 9.88. The van der Waals surface area contributed by atoms with Crippen molar-refractivity contribution in [2.24, 2.45) is 4.99 Å². The second-order valence-corrected chi connectivity index (χ2v) is 10.3. The highest BCUT2D eigenvalue weighted by molar-refractivity contribution is 6.35. The van der Waals surface area contributed by atoms with Gasteiger partial charge in [-0.2, -0.15) is 0 Å². The monoisotopic (exact) mass is 553 g/mol. The highest BCUT2D eigenvalue weighted by Crippen LogP contribution is 2.45. The lowest BCUT2D eigenvalue weighted by Gasteiger charge is -2.31. The molecule has 9 heteroatoms. The molecule has 3 aromatic carbocycles. The van der Waals surface area contributed by atoms with Crippen molar-refractivity contribution in [2.75, 3.05) is 13.2 Å². The largest absolute Gasteiger partial charge is 0.494 e. The van der Waals surface area contributed by atoms with Crippen molar-refractivity contribution in [3.8, 4) is 5.75 Å². The average molecular weight is 554 g/mol. The maximum atomic E-state index is 14.0. The standard InChI is InChI=1S/C29H29Cl2N3O4/c30-21-9-14-24(25(31)17-21)26-29(18-19-5-2-1-3-6-19,28(36)34-33-22-10-11-22)32-27(38-26)20-7-12-23(13-8-20)37-16-4-15-35/h1-3,5-9,12-14,17,22,26,33,35H,4,10-11,15-16,18H2,(H,34,36)/t26-,29-/m0/s1. The Labute approximate surface area is 231 Å². The molecular formula is C29H29Cl2N3O4. The number of nitrogens with zero attached hydrogens (tertiary/aromatic N) is 1. The number of nitrogens with one attached hydrogen (secondary N) is 2. The molecular weight excluding hydrogens is 525 g/mol. The topological polar surface area (TPSA) is 92.2 Å². The molecule has 7 nitrogen and oxygen atoms in total. The number of aliphatic hydroxyl groups is 1. The van der Waals surface area contributed by atoms with E-state index in [1.807, 2.05) is 54.6 Å². The second-order valence-electron chi connectivity index (χ2n) is 9.49. The van der Waals surface area contributed by atoms with Gasteiger partial charge >= 0.3 is 0 Å². The Morgan fingerprint density at radius 1 is 1.08 bits per heavy atom. The number of hydrazine groups is 1. The van der Waals surface area contributed by atoms with Crippen molar-refractivity contribution in [2.45, 2.75) is 43.4 Å². The summed E-state index contributed by atoms with van der Waals surface area (Å²) in [7, 11) is 0. The van der Waals surface area contributed by atoms with Crippen LogP contribution in [-0.4, -0.2) is 41.7 Å². The summed E-state index contributed by atoms with van der Waals surface area (Å²) >= 11 is 12.9. The summed E-state index contributed by atoms with van der Waals surface area (Å²) in [5.74, 6) is 0.698. The number of hydrogen-bond acceptors (Lipinski definition) is 6. The fourth-order valence-corrected chi connectivity index (χ4v) is 4.89. The van der Waals surface area contributed by atoms with Gasteiger partial charge in [-0.1, -0.05) is 59.6 Å². The molecule has 3 N–H and O–H groups in total. The minimum atomic E-state index is -1.34. The third-order valence-electron chi connectivity index (χ3n) is 6.56. The SMILES string of the molecule is O=C(NNC1CC1)[C@@]1(Cc2ccccc2)N=C(c2ccc(OCCCO)cc2)O[C@H]1c1ccc(Cl)cc1Cl. The van der Waals surface area contributed by atoms with Gasteiger partial charge < -0.3 is 14.6 Å². The van der Waals surface area contributed by atoms with Crippen LogP contribution in [0.5, 0.6) is 5.75 Å². The predicted octanol–water partition coefficient (Wildman–Crippen LogP) is 5.04. The van der Waals surface area contributed by atoms with Gasteiger partial charge in [-0.05, 0) is 54.8 Å². The fraction of sp³-hybridized carbons (Fsp3) is 0.310. The Morgan fingerprint density at radius 2 is 1.84 bits per heavy atom. The van der Waals surface area contributed by atoms with Gasteiger partial charge in [0.15, 0.2) is 11.6 Å². The maximum absolute atomic E-state index is 14.0. The van der Waals surface area contributed by atoms with E-state index in [-0.39, 0.29) is 18.6 Å². The summed E-state index contributed by atoms with van der Waals surface area (Å²) < 4.78 is 12.1. The predicted molar refractivity (Wildman–Crippen MR) is 148 cm³/mol. The van der Waals surface area contributed by atoms with Crippen molar-refractivity contribution in [3.05, 3.63) is 99.5 Å². The molecule has 38 heavy (non-hydrogen) atoms. The van der Waals surface area contributed by atoms with Crippen molar-refractivity contribution < 1.29 is 19.4 Å². The van der Waals surface area contributed by atoms with Crippen LogP contribution in [0.25, 0.3) is 0 Å². The highest BCUT2D eigenvalue weighted by Gasteiger charge is 2.54. The number of carbonyl (C=O) groups is 1. The third-order valence-corrected chi connectivity index (χ3v) is 7.12. The zero-order valence-corrected chi connectivity index (χ0v) is 22.2. The molecule has 3 aromatic rings. The average Bonchev–Trinajstić information content (AvgIpc) is 3.68. The van der Waals surface area contributed by atoms with Gasteiger partial charge in [0.25, 0.3) is 5.91 Å². The van der Waals surface area contributed by atoms with Crippen LogP contribution < -0.4 is 15.6 Å². The van der Waals surface area contributed by atoms with Gasteiger partial charge in [0.2, 0.25) is 5.90 Å². The Kier molecular flexibility index (Phi) is 8.19. The first-order chi connectivity index (χ1) is 18.5. The number of hydrogen-bond donors (Lipinski definition) is 3. The molecule has 1 aliphatic carbocycles. The smallest absolute Gasteiger partial charge is 0.266 e.